The van der Waals surface area contributed by atoms with Gasteiger partial charge in [-0.1, -0.05) is 17.3 Å². The largest absolute Gasteiger partial charge is 0.507 e. The van der Waals surface area contributed by atoms with Crippen LogP contribution in [-0.4, -0.2) is 15.2 Å². The molecule has 20 heavy (non-hydrogen) atoms. The maximum absolute atomic E-state index is 13.1. The molecule has 0 aliphatic heterocycles. The zero-order valence-electron chi connectivity index (χ0n) is 10.0. The van der Waals surface area contributed by atoms with Crippen LogP contribution in [-0.2, 0) is 0 Å². The van der Waals surface area contributed by atoms with Crippen molar-refractivity contribution in [2.75, 3.05) is 0 Å². The van der Waals surface area contributed by atoms with Crippen LogP contribution in [0.5, 0.6) is 5.75 Å². The molecule has 0 radical (unpaired) electrons. The molecule has 0 saturated heterocycles. The third-order valence-corrected chi connectivity index (χ3v) is 2.68. The lowest BCUT2D eigenvalue weighted by molar-refractivity contribution is 0.425. The Hall–Kier alpha value is -2.76. The Morgan fingerprint density at radius 2 is 1.70 bits per heavy atom. The highest BCUT2D eigenvalue weighted by molar-refractivity contribution is 5.64. The lowest BCUT2D eigenvalue weighted by atomic mass is 10.2. The minimum atomic E-state index is -0.728. The van der Waals surface area contributed by atoms with Gasteiger partial charge in [-0.3, -0.25) is 0 Å². The van der Waals surface area contributed by atoms with Gasteiger partial charge in [0.1, 0.15) is 17.4 Å². The van der Waals surface area contributed by atoms with E-state index in [-0.39, 0.29) is 23.0 Å². The summed E-state index contributed by atoms with van der Waals surface area (Å²) in [6, 6.07) is 9.37. The molecule has 100 valence electrons. The van der Waals surface area contributed by atoms with Crippen LogP contribution >= 0.6 is 0 Å². The molecule has 1 aromatic heterocycles. The predicted molar refractivity (Wildman–Crippen MR) is 66.8 cm³/mol. The first-order valence-corrected chi connectivity index (χ1v) is 5.72. The van der Waals surface area contributed by atoms with Crippen LogP contribution in [0.15, 0.2) is 47.0 Å². The molecule has 0 bridgehead atoms. The monoisotopic (exact) mass is 274 g/mol. The van der Waals surface area contributed by atoms with Crippen molar-refractivity contribution in [2.45, 2.75) is 0 Å². The van der Waals surface area contributed by atoms with E-state index in [1.807, 2.05) is 0 Å². The summed E-state index contributed by atoms with van der Waals surface area (Å²) < 4.78 is 31.3. The number of hydrogen-bond donors (Lipinski definition) is 1. The Morgan fingerprint density at radius 1 is 1.00 bits per heavy atom. The highest BCUT2D eigenvalue weighted by Gasteiger charge is 2.14. The number of rotatable bonds is 2. The highest BCUT2D eigenvalue weighted by atomic mass is 19.1. The number of halogens is 2. The van der Waals surface area contributed by atoms with Gasteiger partial charge in [-0.2, -0.15) is 4.98 Å². The van der Waals surface area contributed by atoms with Crippen molar-refractivity contribution in [3.63, 3.8) is 0 Å². The van der Waals surface area contributed by atoms with Gasteiger partial charge in [-0.25, -0.2) is 8.78 Å². The van der Waals surface area contributed by atoms with Crippen LogP contribution in [0, 0.1) is 11.6 Å². The summed E-state index contributed by atoms with van der Waals surface area (Å²) in [4.78, 5) is 4.02. The van der Waals surface area contributed by atoms with Crippen LogP contribution in [0.2, 0.25) is 0 Å². The average molecular weight is 274 g/mol. The molecule has 3 aromatic rings. The van der Waals surface area contributed by atoms with Gasteiger partial charge >= 0.3 is 0 Å². The molecule has 0 fully saturated rings. The summed E-state index contributed by atoms with van der Waals surface area (Å²) in [5.74, 6) is -1.36. The molecule has 4 nitrogen and oxygen atoms in total. The van der Waals surface area contributed by atoms with Gasteiger partial charge in [-0.05, 0) is 24.3 Å². The van der Waals surface area contributed by atoms with Crippen LogP contribution < -0.4 is 0 Å². The van der Waals surface area contributed by atoms with Gasteiger partial charge in [0, 0.05) is 11.6 Å². The molecule has 0 aliphatic rings. The fraction of sp³-hybridized carbons (Fsp3) is 0. The molecule has 2 aromatic carbocycles. The van der Waals surface area contributed by atoms with Crippen molar-refractivity contribution in [1.82, 2.24) is 10.1 Å². The van der Waals surface area contributed by atoms with Gasteiger partial charge in [0.15, 0.2) is 0 Å². The highest BCUT2D eigenvalue weighted by Crippen LogP contribution is 2.29. The lowest BCUT2D eigenvalue weighted by Crippen LogP contribution is -1.86. The van der Waals surface area contributed by atoms with Crippen molar-refractivity contribution in [2.24, 2.45) is 0 Å². The first-order chi connectivity index (χ1) is 9.63. The van der Waals surface area contributed by atoms with E-state index in [2.05, 4.69) is 10.1 Å². The van der Waals surface area contributed by atoms with E-state index in [0.29, 0.717) is 5.56 Å². The quantitative estimate of drug-likeness (QED) is 0.778. The standard InChI is InChI=1S/C14H8F2N2O2/c15-9-5-8(6-10(16)7-9)13-17-14(20-18-13)11-3-1-2-4-12(11)19/h1-7,19H. The van der Waals surface area contributed by atoms with Gasteiger partial charge in [0.25, 0.3) is 5.89 Å². The average Bonchev–Trinajstić information content (AvgIpc) is 2.87. The second kappa shape index (κ2) is 4.73. The number of para-hydroxylation sites is 1. The normalized spacial score (nSPS) is 10.7. The maximum atomic E-state index is 13.1. The van der Waals surface area contributed by atoms with Crippen molar-refractivity contribution in [3.05, 3.63) is 54.1 Å². The molecule has 1 N–H and O–H groups in total. The van der Waals surface area contributed by atoms with Crippen molar-refractivity contribution >= 4 is 0 Å². The smallest absolute Gasteiger partial charge is 0.261 e. The number of benzene rings is 2. The third kappa shape index (κ3) is 2.23. The molecule has 0 spiro atoms. The Bertz CT molecular complexity index is 751. The summed E-state index contributed by atoms with van der Waals surface area (Å²) in [6.07, 6.45) is 0. The topological polar surface area (TPSA) is 59.2 Å². The third-order valence-electron chi connectivity index (χ3n) is 2.68. The van der Waals surface area contributed by atoms with Gasteiger partial charge < -0.3 is 9.63 Å². The summed E-state index contributed by atoms with van der Waals surface area (Å²) in [5.41, 5.74) is 0.510. The Morgan fingerprint density at radius 3 is 2.40 bits per heavy atom. The molecule has 1 heterocycles. The lowest BCUT2D eigenvalue weighted by Gasteiger charge is -1.97. The number of aromatic nitrogens is 2. The first-order valence-electron chi connectivity index (χ1n) is 5.72. The van der Waals surface area contributed by atoms with Crippen molar-refractivity contribution < 1.29 is 18.4 Å². The van der Waals surface area contributed by atoms with Crippen molar-refractivity contribution in [1.29, 1.82) is 0 Å². The van der Waals surface area contributed by atoms with E-state index < -0.39 is 11.6 Å². The SMILES string of the molecule is Oc1ccccc1-c1nc(-c2cc(F)cc(F)c2)no1. The Labute approximate surface area is 112 Å². The first kappa shape index (κ1) is 12.3. The number of aromatic hydroxyl groups is 1. The fourth-order valence-electron chi connectivity index (χ4n) is 1.79. The number of nitrogens with zero attached hydrogens (tertiary/aromatic N) is 2. The zero-order valence-corrected chi connectivity index (χ0v) is 10.0. The van der Waals surface area contributed by atoms with Gasteiger partial charge in [0.2, 0.25) is 5.82 Å². The maximum Gasteiger partial charge on any atom is 0.261 e. The zero-order chi connectivity index (χ0) is 14.1. The Kier molecular flexibility index (Phi) is 2.90. The van der Waals surface area contributed by atoms with Crippen LogP contribution in [0.1, 0.15) is 0 Å². The summed E-state index contributed by atoms with van der Waals surface area (Å²) in [6.45, 7) is 0. The fourth-order valence-corrected chi connectivity index (χ4v) is 1.79. The molecular formula is C14H8F2N2O2. The molecule has 0 aliphatic carbocycles. The van der Waals surface area contributed by atoms with Crippen LogP contribution in [0.25, 0.3) is 22.8 Å². The van der Waals surface area contributed by atoms with Crippen molar-refractivity contribution in [3.8, 4) is 28.6 Å². The summed E-state index contributed by atoms with van der Waals surface area (Å²) in [5, 5.41) is 13.3. The van der Waals surface area contributed by atoms with E-state index in [9.17, 15) is 13.9 Å². The number of phenolic OH excluding ortho intramolecular Hbond substituents is 1. The summed E-state index contributed by atoms with van der Waals surface area (Å²) >= 11 is 0. The van der Waals surface area contributed by atoms with E-state index in [4.69, 9.17) is 4.52 Å². The second-order valence-electron chi connectivity index (χ2n) is 4.10. The Balaban J connectivity index is 2.04. The van der Waals surface area contributed by atoms with E-state index in [1.165, 1.54) is 6.07 Å². The molecular weight excluding hydrogens is 266 g/mol. The minimum absolute atomic E-state index is 0.0203. The van der Waals surface area contributed by atoms with E-state index in [1.54, 1.807) is 18.2 Å². The number of hydrogen-bond acceptors (Lipinski definition) is 4. The summed E-state index contributed by atoms with van der Waals surface area (Å²) in [7, 11) is 0. The van der Waals surface area contributed by atoms with E-state index in [0.717, 1.165) is 18.2 Å². The second-order valence-corrected chi connectivity index (χ2v) is 4.10. The van der Waals surface area contributed by atoms with Crippen LogP contribution in [0.4, 0.5) is 8.78 Å². The predicted octanol–water partition coefficient (Wildman–Crippen LogP) is 3.39. The number of phenols is 1. The molecule has 6 heteroatoms. The van der Waals surface area contributed by atoms with Crippen LogP contribution in [0.3, 0.4) is 0 Å². The molecule has 0 atom stereocenters. The molecule has 3 rings (SSSR count). The van der Waals surface area contributed by atoms with Gasteiger partial charge in [0.05, 0.1) is 5.56 Å². The molecule has 0 unspecified atom stereocenters. The van der Waals surface area contributed by atoms with E-state index >= 15 is 0 Å². The molecule has 0 saturated carbocycles. The van der Waals surface area contributed by atoms with Gasteiger partial charge in [-0.15, -0.1) is 0 Å². The minimum Gasteiger partial charge on any atom is -0.507 e. The molecule has 0 amide bonds.